The Labute approximate surface area is 341 Å². The van der Waals surface area contributed by atoms with Crippen molar-refractivity contribution in [1.82, 2.24) is 10.2 Å². The summed E-state index contributed by atoms with van der Waals surface area (Å²) in [4.78, 5) is 27.9. The third kappa shape index (κ3) is 5.42. The first-order valence-electron chi connectivity index (χ1n) is 20.5. The molecule has 316 valence electrons. The van der Waals surface area contributed by atoms with Crippen LogP contribution in [0, 0.1) is 0 Å². The normalized spacial score (nSPS) is 33.6. The molecule has 2 saturated heterocycles. The lowest BCUT2D eigenvalue weighted by Crippen LogP contribution is -2.74. The van der Waals surface area contributed by atoms with Gasteiger partial charge in [0.1, 0.15) is 24.7 Å². The van der Waals surface area contributed by atoms with Gasteiger partial charge in [-0.05, 0) is 81.2 Å². The van der Waals surface area contributed by atoms with Gasteiger partial charge in [-0.25, -0.2) is 9.59 Å². The molecule has 8 aliphatic rings. The Morgan fingerprint density at radius 2 is 1.27 bits per heavy atom. The van der Waals surface area contributed by atoms with E-state index in [4.69, 9.17) is 47.4 Å². The zero-order valence-electron chi connectivity index (χ0n) is 33.4. The quantitative estimate of drug-likeness (QED) is 0.198. The van der Waals surface area contributed by atoms with Crippen LogP contribution in [0.15, 0.2) is 47.9 Å². The minimum atomic E-state index is -1.12. The number of nitrogens with zero attached hydrogens (tertiary/aromatic N) is 1. The van der Waals surface area contributed by atoms with Crippen molar-refractivity contribution in [2.45, 2.75) is 84.8 Å². The van der Waals surface area contributed by atoms with Crippen molar-refractivity contribution in [2.24, 2.45) is 0 Å². The average molecular weight is 819 g/mol. The van der Waals surface area contributed by atoms with E-state index in [1.54, 1.807) is 26.4 Å². The van der Waals surface area contributed by atoms with Crippen LogP contribution in [0.1, 0.15) is 47.9 Å². The Kier molecular flexibility index (Phi) is 9.34. The highest BCUT2D eigenvalue weighted by atomic mass is 16.7. The maximum atomic E-state index is 12.9. The minimum absolute atomic E-state index is 0.0532. The summed E-state index contributed by atoms with van der Waals surface area (Å²) in [6.45, 7) is 1.97. The molecule has 2 aromatic rings. The molecule has 0 amide bonds. The van der Waals surface area contributed by atoms with E-state index >= 15 is 0 Å². The van der Waals surface area contributed by atoms with E-state index in [1.807, 2.05) is 31.3 Å². The fourth-order valence-electron chi connectivity index (χ4n) is 11.8. The first-order chi connectivity index (χ1) is 28.6. The fourth-order valence-corrected chi connectivity index (χ4v) is 11.8. The van der Waals surface area contributed by atoms with Gasteiger partial charge >= 0.3 is 12.3 Å². The van der Waals surface area contributed by atoms with Gasteiger partial charge < -0.3 is 67.8 Å². The molecule has 16 nitrogen and oxygen atoms in total. The predicted molar refractivity (Wildman–Crippen MR) is 205 cm³/mol. The van der Waals surface area contributed by atoms with Crippen LogP contribution in [0.4, 0.5) is 9.59 Å². The number of nitrogens with one attached hydrogen (secondary N) is 1. The number of likely N-dealkylation sites (tertiary alicyclic amines) is 1. The molecule has 2 aromatic carbocycles. The summed E-state index contributed by atoms with van der Waals surface area (Å²) in [5.41, 5.74) is 0.296. The van der Waals surface area contributed by atoms with Crippen LogP contribution in [-0.2, 0) is 52.1 Å². The van der Waals surface area contributed by atoms with Gasteiger partial charge in [-0.1, -0.05) is 12.1 Å². The summed E-state index contributed by atoms with van der Waals surface area (Å²) in [7, 11) is 5.21. The molecular formula is C43H50N2O14. The van der Waals surface area contributed by atoms with Crippen LogP contribution < -0.4 is 24.3 Å². The van der Waals surface area contributed by atoms with Gasteiger partial charge in [0.25, 0.3) is 0 Å². The number of likely N-dealkylation sites (N-methyl/N-ethyl adjacent to an activating group) is 1. The number of hydrogen-bond donors (Lipinski definition) is 3. The largest absolute Gasteiger partial charge is 0.513 e. The van der Waals surface area contributed by atoms with E-state index in [0.29, 0.717) is 79.6 Å². The maximum absolute atomic E-state index is 12.9. The van der Waals surface area contributed by atoms with Gasteiger partial charge in [0.15, 0.2) is 35.2 Å². The lowest BCUT2D eigenvalue weighted by Gasteiger charge is -2.61. The molecule has 4 aliphatic carbocycles. The van der Waals surface area contributed by atoms with E-state index in [0.717, 1.165) is 28.8 Å². The summed E-state index contributed by atoms with van der Waals surface area (Å²) >= 11 is 0. The van der Waals surface area contributed by atoms with Crippen molar-refractivity contribution in [1.29, 1.82) is 0 Å². The zero-order chi connectivity index (χ0) is 40.7. The van der Waals surface area contributed by atoms with Gasteiger partial charge in [-0.2, -0.15) is 0 Å². The molecule has 16 heteroatoms. The minimum Gasteiger partial charge on any atom is -0.493 e. The van der Waals surface area contributed by atoms with Crippen molar-refractivity contribution in [3.63, 3.8) is 0 Å². The Hall–Kier alpha value is -4.58. The van der Waals surface area contributed by atoms with E-state index in [1.165, 1.54) is 0 Å². The Balaban J connectivity index is 0.659. The van der Waals surface area contributed by atoms with Crippen LogP contribution >= 0.6 is 0 Å². The summed E-state index contributed by atoms with van der Waals surface area (Å²) < 4.78 is 57.5. The third-order valence-electron chi connectivity index (χ3n) is 14.3. The molecule has 4 heterocycles. The number of ether oxygens (including phenoxy) is 10. The molecule has 59 heavy (non-hydrogen) atoms. The number of rotatable bonds is 13. The molecule has 4 aliphatic heterocycles. The number of aliphatic hydroxyl groups is 2. The second-order valence-electron chi connectivity index (χ2n) is 16.7. The molecule has 0 radical (unpaired) electrons. The standard InChI is InChI=1S/C43H50N2O14/c1-45-15-13-41-33-25-5-7-27(51-3)35(33)59-37(41)29(9-11-43(41,49)31(45)23-25)57-39(47)55-21-19-53-17-16-52-18-20-54-38(46)56-28-8-10-42(48)30-22-24-4-6-26(50-2)34-32(24)40(42,12-14-44-30)36(28)58-34/h4-9,30-31,36-37,44,48-49H,10-23H2,1-3H3/t30-,31-,36+,37+,40+,41+,42-,43-/m1/s1. The summed E-state index contributed by atoms with van der Waals surface area (Å²) in [6.07, 6.45) is 3.45. The maximum Gasteiger partial charge on any atom is 0.513 e. The summed E-state index contributed by atoms with van der Waals surface area (Å²) in [5.74, 6) is 2.97. The van der Waals surface area contributed by atoms with Crippen LogP contribution in [0.25, 0.3) is 0 Å². The molecule has 3 N–H and O–H groups in total. The lowest BCUT2D eigenvalue weighted by molar-refractivity contribution is -0.163. The van der Waals surface area contributed by atoms with Crippen LogP contribution in [0.2, 0.25) is 0 Å². The molecule has 0 aromatic heterocycles. The molecule has 4 bridgehead atoms. The second-order valence-corrected chi connectivity index (χ2v) is 16.7. The molecule has 2 fully saturated rings. The van der Waals surface area contributed by atoms with Crippen LogP contribution in [0.3, 0.4) is 0 Å². The Morgan fingerprint density at radius 1 is 0.746 bits per heavy atom. The topological polar surface area (TPSA) is 182 Å². The van der Waals surface area contributed by atoms with Gasteiger partial charge in [0, 0.05) is 36.1 Å². The highest BCUT2D eigenvalue weighted by Gasteiger charge is 2.73. The van der Waals surface area contributed by atoms with Crippen molar-refractivity contribution in [3.8, 4) is 23.0 Å². The van der Waals surface area contributed by atoms with E-state index in [2.05, 4.69) is 10.2 Å². The lowest BCUT2D eigenvalue weighted by atomic mass is 9.50. The van der Waals surface area contributed by atoms with Gasteiger partial charge in [-0.3, -0.25) is 0 Å². The molecule has 0 saturated carbocycles. The van der Waals surface area contributed by atoms with Crippen LogP contribution in [-0.4, -0.2) is 137 Å². The smallest absolute Gasteiger partial charge is 0.493 e. The number of piperidine rings is 2. The van der Waals surface area contributed by atoms with E-state index in [9.17, 15) is 19.8 Å². The molecule has 0 unspecified atom stereocenters. The Morgan fingerprint density at radius 3 is 1.85 bits per heavy atom. The Bertz CT molecular complexity index is 2120. The molecular weight excluding hydrogens is 768 g/mol. The van der Waals surface area contributed by atoms with Crippen molar-refractivity contribution >= 4 is 12.3 Å². The molecule has 10 rings (SSSR count). The highest BCUT2D eigenvalue weighted by Crippen LogP contribution is 2.66. The van der Waals surface area contributed by atoms with Crippen molar-refractivity contribution in [3.05, 3.63) is 70.2 Å². The van der Waals surface area contributed by atoms with Gasteiger partial charge in [0.05, 0.1) is 62.7 Å². The van der Waals surface area contributed by atoms with Crippen LogP contribution in [0.5, 0.6) is 23.0 Å². The fraction of sp³-hybridized carbons (Fsp3) is 0.581. The highest BCUT2D eigenvalue weighted by molar-refractivity contribution is 5.68. The number of benzene rings is 2. The first-order valence-corrected chi connectivity index (χ1v) is 20.5. The first kappa shape index (κ1) is 38.6. The number of carbonyl (C=O) groups is 2. The van der Waals surface area contributed by atoms with Gasteiger partial charge in [-0.15, -0.1) is 0 Å². The monoisotopic (exact) mass is 818 g/mol. The molecule has 2 spiro atoms. The third-order valence-corrected chi connectivity index (χ3v) is 14.3. The zero-order valence-corrected chi connectivity index (χ0v) is 33.4. The SMILES string of the molecule is COc1ccc2c3c1O[C@H]1C(OC(=O)OCCOCCOCCOC(=O)OC4=CC[C@@]5(O)[C@H]6Cc7ccc(OC)c8c7[C@@]5(CCN6C)[C@H]4O8)=CC[C@@]4(O)[C@@H](C2)NCC[C@]314. The number of hydrogen-bond acceptors (Lipinski definition) is 16. The molecule has 8 atom stereocenters. The summed E-state index contributed by atoms with van der Waals surface area (Å²) in [5, 5.41) is 28.0. The second kappa shape index (κ2) is 14.3. The van der Waals surface area contributed by atoms with Gasteiger partial charge in [0.2, 0.25) is 0 Å². The van der Waals surface area contributed by atoms with Crippen molar-refractivity contribution < 1.29 is 67.2 Å². The number of methoxy groups -OCH3 is 2. The predicted octanol–water partition coefficient (Wildman–Crippen LogP) is 2.96. The van der Waals surface area contributed by atoms with E-state index in [-0.39, 0.29) is 51.7 Å². The average Bonchev–Trinajstić information content (AvgIpc) is 3.76. The van der Waals surface area contributed by atoms with E-state index < -0.39 is 46.6 Å². The number of carbonyl (C=O) groups excluding carboxylic acids is 2. The van der Waals surface area contributed by atoms with Crippen molar-refractivity contribution in [2.75, 3.05) is 74.0 Å². The summed E-state index contributed by atoms with van der Waals surface area (Å²) in [6, 6.07) is 7.56.